The van der Waals surface area contributed by atoms with E-state index in [9.17, 15) is 9.90 Å². The number of hydrogen-bond donors (Lipinski definition) is 1. The maximum Gasteiger partial charge on any atom is 0.313 e. The van der Waals surface area contributed by atoms with Crippen molar-refractivity contribution in [3.05, 3.63) is 35.4 Å². The molecule has 0 saturated heterocycles. The number of carbonyl (C=O) groups excluding carboxylic acids is 1. The standard InChI is InChI=1S/C18H26O3/c1-3-4-5-10-16(19)15-12-11-13-8-6-7-9-14(13)17(15)18(20)21-2/h6-9,15-17,19H,3-5,10-12H2,1-2H3. The molecule has 2 rings (SSSR count). The second-order valence-electron chi connectivity index (χ2n) is 5.97. The van der Waals surface area contributed by atoms with Crippen LogP contribution in [0.1, 0.15) is 56.1 Å². The van der Waals surface area contributed by atoms with E-state index in [1.165, 1.54) is 12.7 Å². The Kier molecular flexibility index (Phi) is 5.80. The molecule has 0 fully saturated rings. The fraction of sp³-hybridized carbons (Fsp3) is 0.611. The van der Waals surface area contributed by atoms with Crippen molar-refractivity contribution in [2.24, 2.45) is 5.92 Å². The number of unbranched alkanes of at least 4 members (excludes halogenated alkanes) is 2. The molecule has 0 heterocycles. The summed E-state index contributed by atoms with van der Waals surface area (Å²) in [4.78, 5) is 12.2. The highest BCUT2D eigenvalue weighted by atomic mass is 16.5. The number of esters is 1. The first kappa shape index (κ1) is 16.0. The number of fused-ring (bicyclic) bond motifs is 1. The van der Waals surface area contributed by atoms with Crippen molar-refractivity contribution in [3.63, 3.8) is 0 Å². The maximum atomic E-state index is 12.2. The van der Waals surface area contributed by atoms with Crippen LogP contribution in [0.25, 0.3) is 0 Å². The van der Waals surface area contributed by atoms with Gasteiger partial charge in [-0.05, 0) is 30.4 Å². The summed E-state index contributed by atoms with van der Waals surface area (Å²) in [6.45, 7) is 2.15. The van der Waals surface area contributed by atoms with E-state index in [2.05, 4.69) is 13.0 Å². The fourth-order valence-electron chi connectivity index (χ4n) is 3.45. The third kappa shape index (κ3) is 3.65. The molecular formula is C18H26O3. The monoisotopic (exact) mass is 290 g/mol. The van der Waals surface area contributed by atoms with Crippen molar-refractivity contribution in [2.45, 2.75) is 57.5 Å². The van der Waals surface area contributed by atoms with Gasteiger partial charge in [0.1, 0.15) is 0 Å². The summed E-state index contributed by atoms with van der Waals surface area (Å²) in [6, 6.07) is 8.04. The lowest BCUT2D eigenvalue weighted by Gasteiger charge is -2.34. The van der Waals surface area contributed by atoms with Crippen LogP contribution in [0, 0.1) is 5.92 Å². The minimum Gasteiger partial charge on any atom is -0.469 e. The zero-order chi connectivity index (χ0) is 15.2. The van der Waals surface area contributed by atoms with Gasteiger partial charge in [0.15, 0.2) is 0 Å². The molecule has 0 spiro atoms. The highest BCUT2D eigenvalue weighted by molar-refractivity contribution is 5.79. The van der Waals surface area contributed by atoms with E-state index in [1.807, 2.05) is 18.2 Å². The third-order valence-corrected chi connectivity index (χ3v) is 4.62. The molecule has 3 heteroatoms. The fourth-order valence-corrected chi connectivity index (χ4v) is 3.45. The van der Waals surface area contributed by atoms with E-state index in [4.69, 9.17) is 4.74 Å². The number of hydrogen-bond acceptors (Lipinski definition) is 3. The number of benzene rings is 1. The molecule has 3 nitrogen and oxygen atoms in total. The Bertz CT molecular complexity index is 469. The molecule has 21 heavy (non-hydrogen) atoms. The minimum atomic E-state index is -0.422. The van der Waals surface area contributed by atoms with Gasteiger partial charge in [0.25, 0.3) is 0 Å². The molecule has 1 aliphatic rings. The summed E-state index contributed by atoms with van der Waals surface area (Å²) in [5, 5.41) is 10.5. The van der Waals surface area contributed by atoms with Gasteiger partial charge in [-0.25, -0.2) is 0 Å². The Labute approximate surface area is 127 Å². The molecule has 116 valence electrons. The van der Waals surface area contributed by atoms with Crippen LogP contribution in [0.15, 0.2) is 24.3 Å². The van der Waals surface area contributed by atoms with Gasteiger partial charge < -0.3 is 9.84 Å². The highest BCUT2D eigenvalue weighted by Gasteiger charge is 2.38. The van der Waals surface area contributed by atoms with Gasteiger partial charge in [0, 0.05) is 5.92 Å². The summed E-state index contributed by atoms with van der Waals surface area (Å²) in [5.74, 6) is -0.567. The molecule has 3 unspecified atom stereocenters. The Morgan fingerprint density at radius 1 is 1.38 bits per heavy atom. The second kappa shape index (κ2) is 7.60. The van der Waals surface area contributed by atoms with Gasteiger partial charge in [0.05, 0.1) is 19.1 Å². The van der Waals surface area contributed by atoms with E-state index in [-0.39, 0.29) is 17.8 Å². The Morgan fingerprint density at radius 3 is 2.86 bits per heavy atom. The van der Waals surface area contributed by atoms with Crippen LogP contribution >= 0.6 is 0 Å². The topological polar surface area (TPSA) is 46.5 Å². The number of rotatable bonds is 6. The van der Waals surface area contributed by atoms with Crippen molar-refractivity contribution in [1.82, 2.24) is 0 Å². The van der Waals surface area contributed by atoms with Crippen molar-refractivity contribution < 1.29 is 14.6 Å². The maximum absolute atomic E-state index is 12.2. The van der Waals surface area contributed by atoms with E-state index < -0.39 is 6.10 Å². The molecular weight excluding hydrogens is 264 g/mol. The lowest BCUT2D eigenvalue weighted by molar-refractivity contribution is -0.145. The lowest BCUT2D eigenvalue weighted by atomic mass is 9.72. The van der Waals surface area contributed by atoms with Crippen LogP contribution in [-0.2, 0) is 16.0 Å². The summed E-state index contributed by atoms with van der Waals surface area (Å²) < 4.78 is 5.00. The lowest BCUT2D eigenvalue weighted by Crippen LogP contribution is -2.35. The van der Waals surface area contributed by atoms with Crippen LogP contribution in [0.5, 0.6) is 0 Å². The Hall–Kier alpha value is -1.35. The van der Waals surface area contributed by atoms with Gasteiger partial charge in [0.2, 0.25) is 0 Å². The van der Waals surface area contributed by atoms with Crippen LogP contribution in [0.4, 0.5) is 0 Å². The summed E-state index contributed by atoms with van der Waals surface area (Å²) in [6.07, 6.45) is 5.42. The summed E-state index contributed by atoms with van der Waals surface area (Å²) in [5.41, 5.74) is 2.25. The molecule has 3 atom stereocenters. The molecule has 1 N–H and O–H groups in total. The molecule has 1 aromatic carbocycles. The molecule has 0 saturated carbocycles. The van der Waals surface area contributed by atoms with E-state index in [0.29, 0.717) is 0 Å². The van der Waals surface area contributed by atoms with Crippen LogP contribution < -0.4 is 0 Å². The number of ether oxygens (including phenoxy) is 1. The Balaban J connectivity index is 2.19. The molecule has 0 bridgehead atoms. The van der Waals surface area contributed by atoms with Crippen molar-refractivity contribution in [1.29, 1.82) is 0 Å². The Morgan fingerprint density at radius 2 is 2.14 bits per heavy atom. The number of aliphatic hydroxyl groups excluding tert-OH is 1. The molecule has 0 aromatic heterocycles. The quantitative estimate of drug-likeness (QED) is 0.645. The van der Waals surface area contributed by atoms with Crippen molar-refractivity contribution >= 4 is 5.97 Å². The molecule has 0 aliphatic heterocycles. The third-order valence-electron chi connectivity index (χ3n) is 4.62. The normalized spacial score (nSPS) is 22.4. The largest absolute Gasteiger partial charge is 0.469 e. The van der Waals surface area contributed by atoms with Gasteiger partial charge in [-0.2, -0.15) is 0 Å². The average Bonchev–Trinajstić information content (AvgIpc) is 2.53. The number of carbonyl (C=O) groups is 1. The zero-order valence-electron chi connectivity index (χ0n) is 13.0. The summed E-state index contributed by atoms with van der Waals surface area (Å²) >= 11 is 0. The van der Waals surface area contributed by atoms with Crippen molar-refractivity contribution in [2.75, 3.05) is 7.11 Å². The van der Waals surface area contributed by atoms with Crippen LogP contribution in [0.2, 0.25) is 0 Å². The van der Waals surface area contributed by atoms with Crippen molar-refractivity contribution in [3.8, 4) is 0 Å². The van der Waals surface area contributed by atoms with Crippen LogP contribution in [-0.4, -0.2) is 24.3 Å². The zero-order valence-corrected chi connectivity index (χ0v) is 13.0. The predicted octanol–water partition coefficient (Wildman–Crippen LogP) is 3.45. The molecule has 1 aromatic rings. The number of methoxy groups -OCH3 is 1. The molecule has 0 amide bonds. The van der Waals surface area contributed by atoms with Gasteiger partial charge in [-0.1, -0.05) is 50.5 Å². The SMILES string of the molecule is CCCCCC(O)C1CCc2ccccc2C1C(=O)OC. The average molecular weight is 290 g/mol. The molecule has 1 aliphatic carbocycles. The predicted molar refractivity (Wildman–Crippen MR) is 83.2 cm³/mol. The van der Waals surface area contributed by atoms with E-state index >= 15 is 0 Å². The van der Waals surface area contributed by atoms with E-state index in [0.717, 1.165) is 44.1 Å². The number of aliphatic hydroxyl groups is 1. The highest BCUT2D eigenvalue weighted by Crippen LogP contribution is 2.39. The van der Waals surface area contributed by atoms with Gasteiger partial charge >= 0.3 is 5.97 Å². The van der Waals surface area contributed by atoms with Gasteiger partial charge in [-0.3, -0.25) is 4.79 Å². The second-order valence-corrected chi connectivity index (χ2v) is 5.97. The first-order valence-corrected chi connectivity index (χ1v) is 8.02. The first-order chi connectivity index (χ1) is 10.2. The van der Waals surface area contributed by atoms with E-state index in [1.54, 1.807) is 0 Å². The molecule has 0 radical (unpaired) electrons. The summed E-state index contributed by atoms with van der Waals surface area (Å²) in [7, 11) is 1.43. The van der Waals surface area contributed by atoms with Crippen LogP contribution in [0.3, 0.4) is 0 Å². The first-order valence-electron chi connectivity index (χ1n) is 8.02. The van der Waals surface area contributed by atoms with Gasteiger partial charge in [-0.15, -0.1) is 0 Å². The smallest absolute Gasteiger partial charge is 0.313 e. The number of aryl methyl sites for hydroxylation is 1. The minimum absolute atomic E-state index is 0.0239.